The summed E-state index contributed by atoms with van der Waals surface area (Å²) in [7, 11) is 0. The zero-order chi connectivity index (χ0) is 16.8. The fraction of sp³-hybridized carbons (Fsp3) is 0.389. The fourth-order valence-corrected chi connectivity index (χ4v) is 2.54. The molecule has 0 spiro atoms. The second-order valence-electron chi connectivity index (χ2n) is 5.97. The van der Waals surface area contributed by atoms with E-state index in [9.17, 15) is 4.79 Å². The highest BCUT2D eigenvalue weighted by Gasteiger charge is 2.15. The van der Waals surface area contributed by atoms with Crippen LogP contribution in [-0.2, 0) is 11.3 Å². The van der Waals surface area contributed by atoms with Crippen molar-refractivity contribution in [2.24, 2.45) is 0 Å². The van der Waals surface area contributed by atoms with Crippen molar-refractivity contribution >= 4 is 11.7 Å². The first-order valence-corrected chi connectivity index (χ1v) is 8.22. The molecule has 1 fully saturated rings. The van der Waals surface area contributed by atoms with Crippen LogP contribution in [0.15, 0.2) is 36.7 Å². The Labute approximate surface area is 141 Å². The number of nitrogens with zero attached hydrogens (tertiary/aromatic N) is 2. The predicted octanol–water partition coefficient (Wildman–Crippen LogP) is 2.31. The number of nitrogens with one attached hydrogen (secondary N) is 2. The summed E-state index contributed by atoms with van der Waals surface area (Å²) in [6.45, 7) is 4.05. The quantitative estimate of drug-likeness (QED) is 0.852. The zero-order valence-corrected chi connectivity index (χ0v) is 13.8. The first-order valence-electron chi connectivity index (χ1n) is 8.22. The highest BCUT2D eigenvalue weighted by Crippen LogP contribution is 2.12. The SMILES string of the molecule is Cc1ccc(CNC(=O)c2cnc(NCC3CCCO3)cn2)cc1. The minimum Gasteiger partial charge on any atom is -0.376 e. The Kier molecular flexibility index (Phi) is 5.38. The summed E-state index contributed by atoms with van der Waals surface area (Å²) in [4.78, 5) is 20.5. The Balaban J connectivity index is 1.48. The van der Waals surface area contributed by atoms with Gasteiger partial charge >= 0.3 is 0 Å². The minimum atomic E-state index is -0.228. The van der Waals surface area contributed by atoms with Crippen molar-refractivity contribution < 1.29 is 9.53 Å². The molecule has 1 aromatic heterocycles. The van der Waals surface area contributed by atoms with Crippen molar-refractivity contribution in [1.29, 1.82) is 0 Å². The lowest BCUT2D eigenvalue weighted by molar-refractivity contribution is 0.0945. The molecule has 1 amide bonds. The van der Waals surface area contributed by atoms with Gasteiger partial charge in [-0.15, -0.1) is 0 Å². The predicted molar refractivity (Wildman–Crippen MR) is 91.8 cm³/mol. The highest BCUT2D eigenvalue weighted by atomic mass is 16.5. The molecule has 2 heterocycles. The molecule has 1 aromatic carbocycles. The minimum absolute atomic E-state index is 0.228. The number of benzene rings is 1. The van der Waals surface area contributed by atoms with Gasteiger partial charge in [-0.25, -0.2) is 9.97 Å². The summed E-state index contributed by atoms with van der Waals surface area (Å²) in [6, 6.07) is 8.05. The van der Waals surface area contributed by atoms with Gasteiger partial charge in [0.15, 0.2) is 0 Å². The van der Waals surface area contributed by atoms with Crippen LogP contribution < -0.4 is 10.6 Å². The molecule has 1 aliphatic heterocycles. The van der Waals surface area contributed by atoms with Crippen LogP contribution in [0.4, 0.5) is 5.82 Å². The molecule has 6 nitrogen and oxygen atoms in total. The van der Waals surface area contributed by atoms with E-state index in [-0.39, 0.29) is 12.0 Å². The second-order valence-corrected chi connectivity index (χ2v) is 5.97. The van der Waals surface area contributed by atoms with Crippen molar-refractivity contribution in [3.63, 3.8) is 0 Å². The Hall–Kier alpha value is -2.47. The molecule has 126 valence electrons. The molecule has 1 unspecified atom stereocenters. The maximum atomic E-state index is 12.1. The van der Waals surface area contributed by atoms with Gasteiger partial charge in [0.2, 0.25) is 0 Å². The standard InChI is InChI=1S/C18H22N4O2/c1-13-4-6-14(7-5-13)9-22-18(23)16-11-21-17(12-19-16)20-10-15-3-2-8-24-15/h4-7,11-12,15H,2-3,8-10H2,1H3,(H,20,21)(H,22,23). The van der Waals surface area contributed by atoms with Crippen LogP contribution in [0.2, 0.25) is 0 Å². The largest absolute Gasteiger partial charge is 0.376 e. The monoisotopic (exact) mass is 326 g/mol. The lowest BCUT2D eigenvalue weighted by atomic mass is 10.1. The molecule has 1 saturated heterocycles. The van der Waals surface area contributed by atoms with Crippen molar-refractivity contribution in [2.45, 2.75) is 32.4 Å². The molecular weight excluding hydrogens is 304 g/mol. The summed E-state index contributed by atoms with van der Waals surface area (Å²) in [5.74, 6) is 0.425. The van der Waals surface area contributed by atoms with E-state index in [1.807, 2.05) is 31.2 Å². The number of aromatic nitrogens is 2. The number of amides is 1. The van der Waals surface area contributed by atoms with Crippen molar-refractivity contribution in [3.05, 3.63) is 53.5 Å². The molecule has 0 aliphatic carbocycles. The van der Waals surface area contributed by atoms with Crippen molar-refractivity contribution in [3.8, 4) is 0 Å². The molecule has 24 heavy (non-hydrogen) atoms. The van der Waals surface area contributed by atoms with Crippen LogP contribution in [0.1, 0.15) is 34.5 Å². The molecule has 6 heteroatoms. The number of carbonyl (C=O) groups is 1. The first kappa shape index (κ1) is 16.4. The number of anilines is 1. The normalized spacial score (nSPS) is 16.8. The lowest BCUT2D eigenvalue weighted by Crippen LogP contribution is -2.24. The van der Waals surface area contributed by atoms with E-state index >= 15 is 0 Å². The molecule has 1 aliphatic rings. The van der Waals surface area contributed by atoms with E-state index in [1.54, 1.807) is 6.20 Å². The van der Waals surface area contributed by atoms with Crippen LogP contribution >= 0.6 is 0 Å². The number of rotatable bonds is 6. The molecule has 1 atom stereocenters. The summed E-state index contributed by atoms with van der Waals surface area (Å²) >= 11 is 0. The Morgan fingerprint density at radius 2 is 2.08 bits per heavy atom. The van der Waals surface area contributed by atoms with Gasteiger partial charge in [0.1, 0.15) is 11.5 Å². The van der Waals surface area contributed by atoms with Gasteiger partial charge in [-0.05, 0) is 25.3 Å². The lowest BCUT2D eigenvalue weighted by Gasteiger charge is -2.11. The smallest absolute Gasteiger partial charge is 0.271 e. The Bertz CT molecular complexity index is 664. The van der Waals surface area contributed by atoms with Gasteiger partial charge in [0.05, 0.1) is 18.5 Å². The van der Waals surface area contributed by atoms with Crippen molar-refractivity contribution in [2.75, 3.05) is 18.5 Å². The van der Waals surface area contributed by atoms with Crippen LogP contribution in [0.5, 0.6) is 0 Å². The number of aryl methyl sites for hydroxylation is 1. The van der Waals surface area contributed by atoms with E-state index in [2.05, 4.69) is 20.6 Å². The maximum absolute atomic E-state index is 12.1. The van der Waals surface area contributed by atoms with E-state index < -0.39 is 0 Å². The van der Waals surface area contributed by atoms with Gasteiger partial charge in [-0.2, -0.15) is 0 Å². The summed E-state index contributed by atoms with van der Waals surface area (Å²) in [5, 5.41) is 6.03. The number of ether oxygens (including phenoxy) is 1. The third-order valence-electron chi connectivity index (χ3n) is 3.99. The summed E-state index contributed by atoms with van der Waals surface area (Å²) in [6.07, 6.45) is 5.49. The first-order chi connectivity index (χ1) is 11.7. The summed E-state index contributed by atoms with van der Waals surface area (Å²) < 4.78 is 5.54. The van der Waals surface area contributed by atoms with E-state index in [1.165, 1.54) is 11.8 Å². The maximum Gasteiger partial charge on any atom is 0.271 e. The van der Waals surface area contributed by atoms with E-state index in [0.29, 0.717) is 24.6 Å². The van der Waals surface area contributed by atoms with E-state index in [0.717, 1.165) is 25.0 Å². The van der Waals surface area contributed by atoms with Gasteiger partial charge in [-0.1, -0.05) is 29.8 Å². The number of carbonyl (C=O) groups excluding carboxylic acids is 1. The number of hydrogen-bond acceptors (Lipinski definition) is 5. The molecule has 3 rings (SSSR count). The average molecular weight is 326 g/mol. The van der Waals surface area contributed by atoms with E-state index in [4.69, 9.17) is 4.74 Å². The molecule has 0 saturated carbocycles. The third-order valence-corrected chi connectivity index (χ3v) is 3.99. The van der Waals surface area contributed by atoms with Gasteiger partial charge in [0, 0.05) is 19.7 Å². The molecule has 2 aromatic rings. The average Bonchev–Trinajstić information content (AvgIpc) is 3.13. The third kappa shape index (κ3) is 4.52. The van der Waals surface area contributed by atoms with Crippen LogP contribution in [-0.4, -0.2) is 35.1 Å². The Morgan fingerprint density at radius 1 is 1.25 bits per heavy atom. The molecule has 0 bridgehead atoms. The van der Waals surface area contributed by atoms with Crippen molar-refractivity contribution in [1.82, 2.24) is 15.3 Å². The van der Waals surface area contributed by atoms with Gasteiger partial charge < -0.3 is 15.4 Å². The number of hydrogen-bond donors (Lipinski definition) is 2. The summed E-state index contributed by atoms with van der Waals surface area (Å²) in [5.41, 5.74) is 2.56. The molecule has 0 radical (unpaired) electrons. The van der Waals surface area contributed by atoms with Crippen LogP contribution in [0, 0.1) is 6.92 Å². The fourth-order valence-electron chi connectivity index (χ4n) is 2.54. The highest BCUT2D eigenvalue weighted by molar-refractivity contribution is 5.91. The van der Waals surface area contributed by atoms with Gasteiger partial charge in [-0.3, -0.25) is 4.79 Å². The zero-order valence-electron chi connectivity index (χ0n) is 13.8. The molecular formula is C18H22N4O2. The van der Waals surface area contributed by atoms with Gasteiger partial charge in [0.25, 0.3) is 5.91 Å². The second kappa shape index (κ2) is 7.88. The van der Waals surface area contributed by atoms with Crippen LogP contribution in [0.25, 0.3) is 0 Å². The molecule has 2 N–H and O–H groups in total. The van der Waals surface area contributed by atoms with Crippen LogP contribution in [0.3, 0.4) is 0 Å². The topological polar surface area (TPSA) is 76.1 Å². The Morgan fingerprint density at radius 3 is 2.75 bits per heavy atom.